The van der Waals surface area contributed by atoms with Crippen LogP contribution in [0, 0.1) is 0 Å². The van der Waals surface area contributed by atoms with Gasteiger partial charge in [0, 0.05) is 24.5 Å². The molecule has 2 aliphatic heterocycles. The van der Waals surface area contributed by atoms with E-state index in [0.29, 0.717) is 6.04 Å². The van der Waals surface area contributed by atoms with Crippen molar-refractivity contribution in [2.45, 2.75) is 51.1 Å². The van der Waals surface area contributed by atoms with E-state index in [9.17, 15) is 0 Å². The Balaban J connectivity index is 1.95. The lowest BCUT2D eigenvalue weighted by molar-refractivity contribution is 0.0870. The maximum atomic E-state index is 5.35. The summed E-state index contributed by atoms with van der Waals surface area (Å²) in [6.45, 7) is 6.29. The van der Waals surface area contributed by atoms with Crippen LogP contribution in [0.5, 0.6) is 0 Å². The van der Waals surface area contributed by atoms with Gasteiger partial charge in [0.15, 0.2) is 5.17 Å². The van der Waals surface area contributed by atoms with Gasteiger partial charge < -0.3 is 10.1 Å². The lowest BCUT2D eigenvalue weighted by Gasteiger charge is -2.35. The van der Waals surface area contributed by atoms with Gasteiger partial charge in [-0.25, -0.2) is 0 Å². The van der Waals surface area contributed by atoms with Crippen LogP contribution in [0.4, 0.5) is 0 Å². The molecular formula is C12H22N2OS. The summed E-state index contributed by atoms with van der Waals surface area (Å²) in [5.74, 6) is 1.19. The van der Waals surface area contributed by atoms with Gasteiger partial charge >= 0.3 is 0 Å². The molecule has 0 bridgehead atoms. The maximum absolute atomic E-state index is 5.35. The van der Waals surface area contributed by atoms with Crippen molar-refractivity contribution in [3.63, 3.8) is 0 Å². The van der Waals surface area contributed by atoms with Gasteiger partial charge in [-0.2, -0.15) is 0 Å². The smallest absolute Gasteiger partial charge is 0.157 e. The van der Waals surface area contributed by atoms with E-state index in [0.717, 1.165) is 31.2 Å². The van der Waals surface area contributed by atoms with Gasteiger partial charge in [-0.3, -0.25) is 4.99 Å². The molecular weight excluding hydrogens is 220 g/mol. The van der Waals surface area contributed by atoms with E-state index in [1.54, 1.807) is 0 Å². The Labute approximate surface area is 102 Å². The van der Waals surface area contributed by atoms with Crippen LogP contribution in [-0.2, 0) is 4.74 Å². The molecule has 1 atom stereocenters. The first-order valence-corrected chi connectivity index (χ1v) is 7.27. The summed E-state index contributed by atoms with van der Waals surface area (Å²) in [5, 5.41) is 4.75. The predicted octanol–water partition coefficient (Wildman–Crippen LogP) is 2.42. The van der Waals surface area contributed by atoms with E-state index in [2.05, 4.69) is 19.2 Å². The SMILES string of the molecule is CCC1(C)CCSC(=NC2CCOCC2)N1. The lowest BCUT2D eigenvalue weighted by atomic mass is 9.96. The van der Waals surface area contributed by atoms with Gasteiger partial charge in [-0.05, 0) is 32.6 Å². The number of ether oxygens (including phenoxy) is 1. The number of nitrogens with one attached hydrogen (secondary N) is 1. The van der Waals surface area contributed by atoms with Crippen molar-refractivity contribution in [1.82, 2.24) is 5.32 Å². The molecule has 4 heteroatoms. The van der Waals surface area contributed by atoms with Gasteiger partial charge in [-0.1, -0.05) is 18.7 Å². The molecule has 0 aliphatic carbocycles. The van der Waals surface area contributed by atoms with Crippen LogP contribution >= 0.6 is 11.8 Å². The Hall–Kier alpha value is -0.220. The fourth-order valence-electron chi connectivity index (χ4n) is 2.04. The van der Waals surface area contributed by atoms with Crippen molar-refractivity contribution >= 4 is 16.9 Å². The Morgan fingerprint density at radius 3 is 2.94 bits per heavy atom. The summed E-state index contributed by atoms with van der Waals surface area (Å²) in [6.07, 6.45) is 4.56. The minimum Gasteiger partial charge on any atom is -0.381 e. The van der Waals surface area contributed by atoms with E-state index in [1.165, 1.54) is 18.6 Å². The zero-order valence-corrected chi connectivity index (χ0v) is 11.1. The highest BCUT2D eigenvalue weighted by atomic mass is 32.2. The largest absolute Gasteiger partial charge is 0.381 e. The minimum atomic E-state index is 0.259. The van der Waals surface area contributed by atoms with Crippen LogP contribution in [0.15, 0.2) is 4.99 Å². The number of nitrogens with zero attached hydrogens (tertiary/aromatic N) is 1. The van der Waals surface area contributed by atoms with E-state index in [1.807, 2.05) is 11.8 Å². The summed E-state index contributed by atoms with van der Waals surface area (Å²) in [5.41, 5.74) is 0.259. The van der Waals surface area contributed by atoms with Crippen LogP contribution in [-0.4, -0.2) is 35.7 Å². The average molecular weight is 242 g/mol. The molecule has 0 aromatic carbocycles. The van der Waals surface area contributed by atoms with Gasteiger partial charge in [-0.15, -0.1) is 0 Å². The van der Waals surface area contributed by atoms with Gasteiger partial charge in [0.2, 0.25) is 0 Å². The summed E-state index contributed by atoms with van der Waals surface area (Å²) < 4.78 is 5.35. The Kier molecular flexibility index (Phi) is 4.14. The second-order valence-corrected chi connectivity index (χ2v) is 6.00. The molecule has 16 heavy (non-hydrogen) atoms. The van der Waals surface area contributed by atoms with Crippen molar-refractivity contribution in [3.8, 4) is 0 Å². The summed E-state index contributed by atoms with van der Waals surface area (Å²) in [7, 11) is 0. The third-order valence-corrected chi connectivity index (χ3v) is 4.46. The van der Waals surface area contributed by atoms with Crippen molar-refractivity contribution < 1.29 is 4.74 Å². The quantitative estimate of drug-likeness (QED) is 0.807. The number of hydrogen-bond donors (Lipinski definition) is 1. The monoisotopic (exact) mass is 242 g/mol. The molecule has 0 amide bonds. The summed E-state index contributed by atoms with van der Waals surface area (Å²) >= 11 is 1.87. The number of hydrogen-bond acceptors (Lipinski definition) is 3. The highest BCUT2D eigenvalue weighted by Gasteiger charge is 2.28. The minimum absolute atomic E-state index is 0.259. The van der Waals surface area contributed by atoms with Crippen molar-refractivity contribution in [2.75, 3.05) is 19.0 Å². The fraction of sp³-hybridized carbons (Fsp3) is 0.917. The molecule has 2 fully saturated rings. The Bertz CT molecular complexity index is 264. The predicted molar refractivity (Wildman–Crippen MR) is 70.2 cm³/mol. The molecule has 0 saturated carbocycles. The number of thioether (sulfide) groups is 1. The molecule has 1 N–H and O–H groups in total. The molecule has 0 aromatic rings. The third-order valence-electron chi connectivity index (χ3n) is 3.57. The molecule has 0 radical (unpaired) electrons. The van der Waals surface area contributed by atoms with E-state index in [-0.39, 0.29) is 5.54 Å². The zero-order chi connectivity index (χ0) is 11.4. The molecule has 0 spiro atoms. The number of amidine groups is 1. The number of rotatable bonds is 2. The second-order valence-electron chi connectivity index (χ2n) is 4.92. The average Bonchev–Trinajstić information content (AvgIpc) is 2.30. The maximum Gasteiger partial charge on any atom is 0.157 e. The first-order valence-electron chi connectivity index (χ1n) is 6.28. The van der Waals surface area contributed by atoms with E-state index in [4.69, 9.17) is 9.73 Å². The normalized spacial score (nSPS) is 35.0. The topological polar surface area (TPSA) is 33.6 Å². The number of aliphatic imine (C=N–C) groups is 1. The molecule has 3 nitrogen and oxygen atoms in total. The van der Waals surface area contributed by atoms with Crippen molar-refractivity contribution in [3.05, 3.63) is 0 Å². The van der Waals surface area contributed by atoms with Crippen molar-refractivity contribution in [1.29, 1.82) is 0 Å². The van der Waals surface area contributed by atoms with Crippen LogP contribution in [0.2, 0.25) is 0 Å². The summed E-state index contributed by atoms with van der Waals surface area (Å²) in [4.78, 5) is 4.83. The molecule has 2 heterocycles. The van der Waals surface area contributed by atoms with Crippen LogP contribution in [0.25, 0.3) is 0 Å². The third kappa shape index (κ3) is 3.14. The fourth-order valence-corrected chi connectivity index (χ4v) is 3.33. The molecule has 2 rings (SSSR count). The summed E-state index contributed by atoms with van der Waals surface area (Å²) in [6, 6.07) is 0.475. The first-order chi connectivity index (χ1) is 7.72. The van der Waals surface area contributed by atoms with Crippen LogP contribution in [0.1, 0.15) is 39.5 Å². The van der Waals surface area contributed by atoms with Crippen molar-refractivity contribution in [2.24, 2.45) is 4.99 Å². The lowest BCUT2D eigenvalue weighted by Crippen LogP contribution is -2.48. The zero-order valence-electron chi connectivity index (χ0n) is 10.3. The molecule has 0 aromatic heterocycles. The van der Waals surface area contributed by atoms with E-state index < -0.39 is 0 Å². The Morgan fingerprint density at radius 1 is 1.50 bits per heavy atom. The highest BCUT2D eigenvalue weighted by molar-refractivity contribution is 8.13. The Morgan fingerprint density at radius 2 is 2.25 bits per heavy atom. The van der Waals surface area contributed by atoms with Crippen LogP contribution < -0.4 is 5.32 Å². The van der Waals surface area contributed by atoms with Gasteiger partial charge in [0.05, 0.1) is 6.04 Å². The van der Waals surface area contributed by atoms with Crippen LogP contribution in [0.3, 0.4) is 0 Å². The molecule has 92 valence electrons. The molecule has 2 saturated heterocycles. The van der Waals surface area contributed by atoms with Gasteiger partial charge in [0.1, 0.15) is 0 Å². The standard InChI is InChI=1S/C12H22N2OS/c1-3-12(2)6-9-16-11(14-12)13-10-4-7-15-8-5-10/h10H,3-9H2,1-2H3,(H,13,14). The second kappa shape index (κ2) is 5.41. The highest BCUT2D eigenvalue weighted by Crippen LogP contribution is 2.25. The first kappa shape index (κ1) is 12.2. The van der Waals surface area contributed by atoms with Gasteiger partial charge in [0.25, 0.3) is 0 Å². The molecule has 2 aliphatic rings. The molecule has 1 unspecified atom stereocenters. The van der Waals surface area contributed by atoms with E-state index >= 15 is 0 Å².